The van der Waals surface area contributed by atoms with Gasteiger partial charge in [-0.3, -0.25) is 0 Å². The van der Waals surface area contributed by atoms with Gasteiger partial charge in [0.2, 0.25) is 0 Å². The summed E-state index contributed by atoms with van der Waals surface area (Å²) in [6, 6.07) is 11.1. The Bertz CT molecular complexity index is 672. The Balaban J connectivity index is 1.94. The van der Waals surface area contributed by atoms with Crippen LogP contribution in [-0.2, 0) is 22.2 Å². The van der Waals surface area contributed by atoms with E-state index in [2.05, 4.69) is 5.48 Å². The molecule has 0 aliphatic heterocycles. The van der Waals surface area contributed by atoms with Gasteiger partial charge in [-0.1, -0.05) is 18.2 Å². The van der Waals surface area contributed by atoms with Crippen LogP contribution < -0.4 is 11.2 Å². The van der Waals surface area contributed by atoms with Crippen molar-refractivity contribution in [2.45, 2.75) is 12.6 Å². The Kier molecular flexibility index (Phi) is 4.55. The third-order valence-corrected chi connectivity index (χ3v) is 2.77. The highest BCUT2D eigenvalue weighted by Crippen LogP contribution is 2.30. The molecular formula is C15H13F3N2O2. The molecule has 0 spiro atoms. The lowest BCUT2D eigenvalue weighted by molar-refractivity contribution is -0.139. The molecule has 2 rings (SSSR count). The third kappa shape index (κ3) is 4.41. The maximum Gasteiger partial charge on any atom is 0.416 e. The van der Waals surface area contributed by atoms with Crippen molar-refractivity contribution in [2.24, 2.45) is 0 Å². The van der Waals surface area contributed by atoms with Gasteiger partial charge < -0.3 is 10.6 Å². The minimum atomic E-state index is -4.46. The van der Waals surface area contributed by atoms with E-state index >= 15 is 0 Å². The predicted octanol–water partition coefficient (Wildman–Crippen LogP) is 3.40. The SMILES string of the molecule is Nc1cccc(CC(=O)ONc2cccc(C(F)(F)F)c2)c1. The molecule has 7 heteroatoms. The number of nitrogens with one attached hydrogen (secondary N) is 1. The van der Waals surface area contributed by atoms with Crippen LogP contribution in [0.25, 0.3) is 0 Å². The van der Waals surface area contributed by atoms with E-state index in [1.807, 2.05) is 0 Å². The molecular weight excluding hydrogens is 297 g/mol. The second-order valence-electron chi connectivity index (χ2n) is 4.58. The molecule has 22 heavy (non-hydrogen) atoms. The second-order valence-corrected chi connectivity index (χ2v) is 4.58. The van der Waals surface area contributed by atoms with Crippen LogP contribution in [0.4, 0.5) is 24.5 Å². The van der Waals surface area contributed by atoms with Crippen molar-refractivity contribution in [1.82, 2.24) is 0 Å². The number of anilines is 2. The Morgan fingerprint density at radius 1 is 1.14 bits per heavy atom. The zero-order valence-corrected chi connectivity index (χ0v) is 11.4. The number of rotatable bonds is 4. The van der Waals surface area contributed by atoms with Crippen LogP contribution in [0.15, 0.2) is 48.5 Å². The Hall–Kier alpha value is -2.70. The Labute approximate surface area is 124 Å². The molecule has 0 bridgehead atoms. The number of hydrogen-bond donors (Lipinski definition) is 2. The molecule has 0 radical (unpaired) electrons. The van der Waals surface area contributed by atoms with E-state index in [0.29, 0.717) is 11.3 Å². The van der Waals surface area contributed by atoms with Gasteiger partial charge in [-0.2, -0.15) is 13.2 Å². The van der Waals surface area contributed by atoms with E-state index in [1.165, 1.54) is 12.1 Å². The molecule has 0 aliphatic rings. The molecule has 0 fully saturated rings. The fraction of sp³-hybridized carbons (Fsp3) is 0.133. The number of alkyl halides is 3. The van der Waals surface area contributed by atoms with E-state index in [-0.39, 0.29) is 12.1 Å². The van der Waals surface area contributed by atoms with E-state index < -0.39 is 17.7 Å². The van der Waals surface area contributed by atoms with Gasteiger partial charge in [-0.15, -0.1) is 0 Å². The quantitative estimate of drug-likeness (QED) is 0.671. The first kappa shape index (κ1) is 15.7. The first-order chi connectivity index (χ1) is 10.3. The summed E-state index contributed by atoms with van der Waals surface area (Å²) in [4.78, 5) is 16.4. The average molecular weight is 310 g/mol. The normalized spacial score (nSPS) is 11.0. The monoisotopic (exact) mass is 310 g/mol. The molecule has 116 valence electrons. The van der Waals surface area contributed by atoms with Gasteiger partial charge in [-0.25, -0.2) is 10.3 Å². The number of nitrogens with two attached hydrogens (primary N) is 1. The molecule has 0 saturated carbocycles. The lowest BCUT2D eigenvalue weighted by Gasteiger charge is -2.10. The molecule has 2 aromatic carbocycles. The van der Waals surface area contributed by atoms with Crippen LogP contribution >= 0.6 is 0 Å². The summed E-state index contributed by atoms with van der Waals surface area (Å²) >= 11 is 0. The smallest absolute Gasteiger partial charge is 0.399 e. The summed E-state index contributed by atoms with van der Waals surface area (Å²) in [6.45, 7) is 0. The molecule has 0 atom stereocenters. The highest BCUT2D eigenvalue weighted by Gasteiger charge is 2.30. The molecule has 0 aromatic heterocycles. The summed E-state index contributed by atoms with van der Waals surface area (Å²) in [7, 11) is 0. The minimum absolute atomic E-state index is 0.0377. The third-order valence-electron chi connectivity index (χ3n) is 2.77. The second kappa shape index (κ2) is 6.38. The van der Waals surface area contributed by atoms with Crippen LogP contribution in [0.5, 0.6) is 0 Å². The first-order valence-corrected chi connectivity index (χ1v) is 6.32. The number of hydrogen-bond acceptors (Lipinski definition) is 4. The molecule has 0 saturated heterocycles. The molecule has 2 aromatic rings. The fourth-order valence-electron chi connectivity index (χ4n) is 1.78. The van der Waals surface area contributed by atoms with Gasteiger partial charge in [0.25, 0.3) is 0 Å². The van der Waals surface area contributed by atoms with Crippen LogP contribution in [0.3, 0.4) is 0 Å². The molecule has 3 N–H and O–H groups in total. The minimum Gasteiger partial charge on any atom is -0.399 e. The zero-order valence-electron chi connectivity index (χ0n) is 11.4. The fourth-order valence-corrected chi connectivity index (χ4v) is 1.78. The van der Waals surface area contributed by atoms with Crippen molar-refractivity contribution in [3.63, 3.8) is 0 Å². The summed E-state index contributed by atoms with van der Waals surface area (Å²) in [5.41, 5.74) is 8.16. The maximum absolute atomic E-state index is 12.5. The molecule has 0 heterocycles. The summed E-state index contributed by atoms with van der Waals surface area (Å²) in [6.07, 6.45) is -4.50. The standard InChI is InChI=1S/C15H13F3N2O2/c16-15(17,18)11-4-2-6-13(9-11)20-22-14(21)8-10-3-1-5-12(19)7-10/h1-7,9,20H,8,19H2. The predicted molar refractivity (Wildman–Crippen MR) is 75.7 cm³/mol. The number of carbonyl (C=O) groups is 1. The first-order valence-electron chi connectivity index (χ1n) is 6.32. The van der Waals surface area contributed by atoms with Gasteiger partial charge in [0.05, 0.1) is 17.7 Å². The van der Waals surface area contributed by atoms with Gasteiger partial charge in [0, 0.05) is 5.69 Å². The highest BCUT2D eigenvalue weighted by molar-refractivity contribution is 5.74. The van der Waals surface area contributed by atoms with E-state index in [4.69, 9.17) is 10.6 Å². The Morgan fingerprint density at radius 3 is 2.55 bits per heavy atom. The molecule has 0 amide bonds. The van der Waals surface area contributed by atoms with Crippen molar-refractivity contribution in [3.05, 3.63) is 59.7 Å². The van der Waals surface area contributed by atoms with Crippen LogP contribution in [0.1, 0.15) is 11.1 Å². The van der Waals surface area contributed by atoms with E-state index in [1.54, 1.807) is 24.3 Å². The molecule has 0 aliphatic carbocycles. The van der Waals surface area contributed by atoms with Gasteiger partial charge >= 0.3 is 12.1 Å². The van der Waals surface area contributed by atoms with Gasteiger partial charge in [0.15, 0.2) is 0 Å². The van der Waals surface area contributed by atoms with Crippen molar-refractivity contribution < 1.29 is 22.8 Å². The summed E-state index contributed by atoms with van der Waals surface area (Å²) in [5.74, 6) is -0.636. The van der Waals surface area contributed by atoms with Crippen molar-refractivity contribution in [2.75, 3.05) is 11.2 Å². The Morgan fingerprint density at radius 2 is 1.86 bits per heavy atom. The highest BCUT2D eigenvalue weighted by atomic mass is 19.4. The average Bonchev–Trinajstić information content (AvgIpc) is 2.45. The topological polar surface area (TPSA) is 64.4 Å². The molecule has 0 unspecified atom stereocenters. The van der Waals surface area contributed by atoms with Crippen molar-refractivity contribution in [1.29, 1.82) is 0 Å². The largest absolute Gasteiger partial charge is 0.416 e. The maximum atomic E-state index is 12.5. The van der Waals surface area contributed by atoms with E-state index in [0.717, 1.165) is 12.1 Å². The number of benzene rings is 2. The lowest BCUT2D eigenvalue weighted by atomic mass is 10.1. The van der Waals surface area contributed by atoms with Gasteiger partial charge in [0.1, 0.15) is 0 Å². The van der Waals surface area contributed by atoms with Crippen LogP contribution in [0.2, 0.25) is 0 Å². The summed E-state index contributed by atoms with van der Waals surface area (Å²) < 4.78 is 37.6. The van der Waals surface area contributed by atoms with Gasteiger partial charge in [-0.05, 0) is 35.9 Å². The zero-order chi connectivity index (χ0) is 16.2. The lowest BCUT2D eigenvalue weighted by Crippen LogP contribution is -2.13. The van der Waals surface area contributed by atoms with E-state index in [9.17, 15) is 18.0 Å². The summed E-state index contributed by atoms with van der Waals surface area (Å²) in [5, 5.41) is 0. The number of carbonyl (C=O) groups excluding carboxylic acids is 1. The van der Waals surface area contributed by atoms with Crippen LogP contribution in [0, 0.1) is 0 Å². The van der Waals surface area contributed by atoms with Crippen molar-refractivity contribution >= 4 is 17.3 Å². The van der Waals surface area contributed by atoms with Crippen LogP contribution in [-0.4, -0.2) is 5.97 Å². The number of halogens is 3. The van der Waals surface area contributed by atoms with Crippen molar-refractivity contribution in [3.8, 4) is 0 Å². The molecule has 4 nitrogen and oxygen atoms in total. The number of nitrogen functional groups attached to an aromatic ring is 1.